The minimum absolute atomic E-state index is 0.0174. The number of nitrogens with zero attached hydrogens (tertiary/aromatic N) is 3. The van der Waals surface area contributed by atoms with Crippen LogP contribution in [0.5, 0.6) is 0 Å². The second kappa shape index (κ2) is 5.56. The van der Waals surface area contributed by atoms with Crippen molar-refractivity contribution in [3.63, 3.8) is 0 Å². The lowest BCUT2D eigenvalue weighted by molar-refractivity contribution is 0.479. The molecule has 1 aromatic rings. The van der Waals surface area contributed by atoms with Crippen molar-refractivity contribution in [2.45, 2.75) is 30.3 Å². The second-order valence-electron chi connectivity index (χ2n) is 4.38. The molecule has 0 amide bonds. The molecule has 0 spiro atoms. The van der Waals surface area contributed by atoms with Crippen molar-refractivity contribution in [3.8, 4) is 0 Å². The number of aryl methyl sites for hydroxylation is 1. The standard InChI is InChI=1S/C9H14Br2N4O2S/c1-15-9(8(11)12-14-15)18(16,17)13-7-4-2-3-6(7)5-10/h6-7,13H,2-5H2,1H3. The molecule has 0 aliphatic heterocycles. The van der Waals surface area contributed by atoms with Gasteiger partial charge in [0.2, 0.25) is 5.03 Å². The minimum Gasteiger partial charge on any atom is -0.235 e. The van der Waals surface area contributed by atoms with Crippen LogP contribution >= 0.6 is 31.9 Å². The minimum atomic E-state index is -3.58. The highest BCUT2D eigenvalue weighted by Crippen LogP contribution is 2.29. The van der Waals surface area contributed by atoms with E-state index in [1.807, 2.05) is 0 Å². The Morgan fingerprint density at radius 1 is 1.50 bits per heavy atom. The van der Waals surface area contributed by atoms with Gasteiger partial charge in [-0.3, -0.25) is 0 Å². The third-order valence-corrected chi connectivity index (χ3v) is 6.36. The Balaban J connectivity index is 2.23. The molecule has 0 aromatic carbocycles. The predicted octanol–water partition coefficient (Wildman–Crippen LogP) is 1.42. The monoisotopic (exact) mass is 400 g/mol. The van der Waals surface area contributed by atoms with Gasteiger partial charge in [-0.05, 0) is 34.7 Å². The molecule has 1 heterocycles. The molecule has 1 fully saturated rings. The van der Waals surface area contributed by atoms with Crippen LogP contribution in [0.1, 0.15) is 19.3 Å². The topological polar surface area (TPSA) is 76.9 Å². The molecule has 102 valence electrons. The average Bonchev–Trinajstić information content (AvgIpc) is 2.85. The van der Waals surface area contributed by atoms with Gasteiger partial charge in [-0.25, -0.2) is 17.8 Å². The molecule has 1 N–H and O–H groups in total. The molecule has 0 bridgehead atoms. The first kappa shape index (κ1) is 14.4. The molecular formula is C9H14Br2N4O2S. The first-order valence-corrected chi connectivity index (χ1v) is 8.99. The number of rotatable bonds is 4. The quantitative estimate of drug-likeness (QED) is 0.774. The molecule has 0 saturated heterocycles. The van der Waals surface area contributed by atoms with Crippen LogP contribution in [0, 0.1) is 5.92 Å². The summed E-state index contributed by atoms with van der Waals surface area (Å²) in [6, 6.07) is -0.0174. The van der Waals surface area contributed by atoms with Crippen LogP contribution in [0.2, 0.25) is 0 Å². The fourth-order valence-corrected chi connectivity index (χ4v) is 5.45. The first-order valence-electron chi connectivity index (χ1n) is 5.59. The van der Waals surface area contributed by atoms with Gasteiger partial charge in [0.05, 0.1) is 0 Å². The zero-order valence-electron chi connectivity index (χ0n) is 9.81. The largest absolute Gasteiger partial charge is 0.260 e. The van der Waals surface area contributed by atoms with Crippen molar-refractivity contribution < 1.29 is 8.42 Å². The molecule has 1 aliphatic carbocycles. The van der Waals surface area contributed by atoms with Crippen LogP contribution in [0.15, 0.2) is 9.63 Å². The summed E-state index contributed by atoms with van der Waals surface area (Å²) < 4.78 is 28.8. The molecule has 2 atom stereocenters. The van der Waals surface area contributed by atoms with Crippen LogP contribution in [-0.2, 0) is 17.1 Å². The Labute approximate surface area is 123 Å². The molecule has 2 unspecified atom stereocenters. The van der Waals surface area contributed by atoms with Crippen LogP contribution < -0.4 is 4.72 Å². The van der Waals surface area contributed by atoms with E-state index in [2.05, 4.69) is 46.9 Å². The maximum Gasteiger partial charge on any atom is 0.260 e. The van der Waals surface area contributed by atoms with Crippen LogP contribution in [-0.4, -0.2) is 34.8 Å². The first-order chi connectivity index (χ1) is 8.45. The number of hydrogen-bond donors (Lipinski definition) is 1. The van der Waals surface area contributed by atoms with Crippen LogP contribution in [0.3, 0.4) is 0 Å². The zero-order chi connectivity index (χ0) is 13.3. The number of hydrogen-bond acceptors (Lipinski definition) is 4. The number of alkyl halides is 1. The van der Waals surface area contributed by atoms with Crippen molar-refractivity contribution in [1.82, 2.24) is 19.7 Å². The third-order valence-electron chi connectivity index (χ3n) is 3.16. The molecule has 6 nitrogen and oxygen atoms in total. The van der Waals surface area contributed by atoms with Gasteiger partial charge in [0, 0.05) is 18.4 Å². The summed E-state index contributed by atoms with van der Waals surface area (Å²) in [6.07, 6.45) is 2.97. The molecule has 1 aliphatic rings. The summed E-state index contributed by atoms with van der Waals surface area (Å²) in [5, 5.41) is 8.27. The molecule has 2 rings (SSSR count). The summed E-state index contributed by atoms with van der Waals surface area (Å²) in [7, 11) is -2.03. The maximum absolute atomic E-state index is 12.3. The summed E-state index contributed by atoms with van der Waals surface area (Å²) in [6.45, 7) is 0. The number of sulfonamides is 1. The van der Waals surface area contributed by atoms with Gasteiger partial charge in [-0.2, -0.15) is 0 Å². The third kappa shape index (κ3) is 2.78. The molecule has 9 heteroatoms. The number of nitrogens with one attached hydrogen (secondary N) is 1. The van der Waals surface area contributed by atoms with Crippen molar-refractivity contribution >= 4 is 41.9 Å². The molecule has 1 aromatic heterocycles. The molecule has 18 heavy (non-hydrogen) atoms. The average molecular weight is 402 g/mol. The van der Waals surface area contributed by atoms with Crippen LogP contribution in [0.25, 0.3) is 0 Å². The smallest absolute Gasteiger partial charge is 0.235 e. The highest BCUT2D eigenvalue weighted by Gasteiger charge is 2.33. The normalized spacial score (nSPS) is 24.6. The summed E-state index contributed by atoms with van der Waals surface area (Å²) in [5.41, 5.74) is 0. The lowest BCUT2D eigenvalue weighted by Gasteiger charge is -2.18. The van der Waals surface area contributed by atoms with E-state index < -0.39 is 10.0 Å². The summed E-state index contributed by atoms with van der Waals surface area (Å²) >= 11 is 6.54. The van der Waals surface area contributed by atoms with E-state index in [-0.39, 0.29) is 15.7 Å². The van der Waals surface area contributed by atoms with E-state index in [4.69, 9.17) is 0 Å². The Morgan fingerprint density at radius 3 is 2.78 bits per heavy atom. The van der Waals surface area contributed by atoms with E-state index in [0.717, 1.165) is 24.6 Å². The van der Waals surface area contributed by atoms with Gasteiger partial charge in [0.1, 0.15) is 0 Å². The lowest BCUT2D eigenvalue weighted by atomic mass is 10.1. The number of halogens is 2. The second-order valence-corrected chi connectivity index (χ2v) is 7.41. The van der Waals surface area contributed by atoms with Gasteiger partial charge < -0.3 is 0 Å². The lowest BCUT2D eigenvalue weighted by Crippen LogP contribution is -2.38. The van der Waals surface area contributed by atoms with Gasteiger partial charge in [0.25, 0.3) is 10.0 Å². The van der Waals surface area contributed by atoms with E-state index in [1.54, 1.807) is 7.05 Å². The fourth-order valence-electron chi connectivity index (χ4n) is 2.24. The zero-order valence-corrected chi connectivity index (χ0v) is 13.8. The number of aromatic nitrogens is 3. The maximum atomic E-state index is 12.3. The van der Waals surface area contributed by atoms with E-state index in [0.29, 0.717) is 5.92 Å². The van der Waals surface area contributed by atoms with Gasteiger partial charge in [-0.15, -0.1) is 5.10 Å². The predicted molar refractivity (Wildman–Crippen MR) is 73.9 cm³/mol. The molecular weight excluding hydrogens is 388 g/mol. The fraction of sp³-hybridized carbons (Fsp3) is 0.778. The SMILES string of the molecule is Cn1nnc(Br)c1S(=O)(=O)NC1CCCC1CBr. The molecule has 1 saturated carbocycles. The summed E-state index contributed by atoms with van der Waals surface area (Å²) in [4.78, 5) is 0. The Morgan fingerprint density at radius 2 is 2.22 bits per heavy atom. The Kier molecular flexibility index (Phi) is 4.45. The molecule has 0 radical (unpaired) electrons. The van der Waals surface area contributed by atoms with Crippen LogP contribution in [0.4, 0.5) is 0 Å². The Bertz CT molecular complexity index is 511. The van der Waals surface area contributed by atoms with Gasteiger partial charge in [-0.1, -0.05) is 27.6 Å². The highest BCUT2D eigenvalue weighted by atomic mass is 79.9. The highest BCUT2D eigenvalue weighted by molar-refractivity contribution is 9.10. The summed E-state index contributed by atoms with van der Waals surface area (Å²) in [5.74, 6) is 0.347. The van der Waals surface area contributed by atoms with Gasteiger partial charge in [0.15, 0.2) is 4.60 Å². The van der Waals surface area contributed by atoms with E-state index >= 15 is 0 Å². The van der Waals surface area contributed by atoms with Crippen molar-refractivity contribution in [2.75, 3.05) is 5.33 Å². The van der Waals surface area contributed by atoms with Crippen molar-refractivity contribution in [3.05, 3.63) is 4.60 Å². The Hall–Kier alpha value is 0.01000. The van der Waals surface area contributed by atoms with Crippen molar-refractivity contribution in [1.29, 1.82) is 0 Å². The van der Waals surface area contributed by atoms with Gasteiger partial charge >= 0.3 is 0 Å². The van der Waals surface area contributed by atoms with Crippen molar-refractivity contribution in [2.24, 2.45) is 13.0 Å². The van der Waals surface area contributed by atoms with E-state index in [9.17, 15) is 8.42 Å². The van der Waals surface area contributed by atoms with E-state index in [1.165, 1.54) is 4.68 Å².